The van der Waals surface area contributed by atoms with E-state index >= 15 is 0 Å². The second-order valence-corrected chi connectivity index (χ2v) is 21.6. The highest BCUT2D eigenvalue weighted by Gasteiger charge is 2.19. The van der Waals surface area contributed by atoms with Crippen molar-refractivity contribution in [1.29, 1.82) is 0 Å². The zero-order chi connectivity index (χ0) is 57.8. The van der Waals surface area contributed by atoms with Gasteiger partial charge in [0, 0.05) is 19.3 Å². The van der Waals surface area contributed by atoms with Crippen molar-refractivity contribution in [2.24, 2.45) is 0 Å². The van der Waals surface area contributed by atoms with Crippen LogP contribution in [0.25, 0.3) is 0 Å². The first kappa shape index (κ1) is 75.5. The van der Waals surface area contributed by atoms with Crippen molar-refractivity contribution >= 4 is 17.9 Å². The van der Waals surface area contributed by atoms with Gasteiger partial charge in [0.15, 0.2) is 6.10 Å². The first-order valence-electron chi connectivity index (χ1n) is 33.2. The van der Waals surface area contributed by atoms with E-state index in [9.17, 15) is 14.4 Å². The summed E-state index contributed by atoms with van der Waals surface area (Å²) >= 11 is 0. The van der Waals surface area contributed by atoms with E-state index in [2.05, 4.69) is 154 Å². The van der Waals surface area contributed by atoms with Gasteiger partial charge in [0.05, 0.1) is 0 Å². The van der Waals surface area contributed by atoms with E-state index in [4.69, 9.17) is 14.2 Å². The normalized spacial score (nSPS) is 13.0. The molecule has 0 aromatic rings. The molecule has 0 heterocycles. The van der Waals surface area contributed by atoms with E-state index in [0.29, 0.717) is 19.3 Å². The Labute approximate surface area is 494 Å². The molecule has 0 radical (unpaired) electrons. The molecule has 0 aromatic heterocycles. The van der Waals surface area contributed by atoms with E-state index in [-0.39, 0.29) is 31.1 Å². The smallest absolute Gasteiger partial charge is 0.306 e. The van der Waals surface area contributed by atoms with E-state index < -0.39 is 6.10 Å². The first-order chi connectivity index (χ1) is 39.5. The number of esters is 3. The first-order valence-corrected chi connectivity index (χ1v) is 33.2. The van der Waals surface area contributed by atoms with Crippen LogP contribution in [0.1, 0.15) is 297 Å². The van der Waals surface area contributed by atoms with Crippen molar-refractivity contribution in [2.45, 2.75) is 303 Å². The summed E-state index contributed by atoms with van der Waals surface area (Å²) in [5, 5.41) is 0. The van der Waals surface area contributed by atoms with Crippen LogP contribution in [0.5, 0.6) is 0 Å². The lowest BCUT2D eigenvalue weighted by Gasteiger charge is -2.18. The van der Waals surface area contributed by atoms with Crippen molar-refractivity contribution in [3.63, 3.8) is 0 Å². The maximum Gasteiger partial charge on any atom is 0.306 e. The molecule has 0 aromatic carbocycles. The lowest BCUT2D eigenvalue weighted by Crippen LogP contribution is -2.30. The standard InChI is InChI=1S/C74H122O6/c1-4-7-10-13-16-19-22-25-28-31-33-34-35-36-37-38-39-40-41-44-46-49-52-55-58-61-64-67-73(76)79-70-71(69-78-72(75)66-63-60-57-54-51-48-45-42-30-27-24-21-18-15-12-9-6-3)80-74(77)68-65-62-59-56-53-50-47-43-32-29-26-23-20-17-14-11-8-5-2/h7,9-10,12,16,18-19,21,25,27-30,32-34,36-37,39-40,45,48,71H,4-6,8,11,13-15,17,20,22-24,26,31,35,38,41-44,46-47,49-70H2,1-3H3/b10-7-,12-9-,19-16-,21-18-,28-25-,30-27-,32-29-,34-33-,37-36-,40-39-,48-45-. The minimum Gasteiger partial charge on any atom is -0.462 e. The Morgan fingerprint density at radius 2 is 0.487 bits per heavy atom. The topological polar surface area (TPSA) is 78.9 Å². The Kier molecular flexibility index (Phi) is 63.3. The van der Waals surface area contributed by atoms with Crippen LogP contribution in [-0.2, 0) is 28.6 Å². The Hall–Kier alpha value is -4.45. The zero-order valence-electron chi connectivity index (χ0n) is 52.0. The summed E-state index contributed by atoms with van der Waals surface area (Å²) in [5.74, 6) is -0.926. The molecule has 0 aliphatic heterocycles. The van der Waals surface area contributed by atoms with E-state index in [1.165, 1.54) is 116 Å². The number of carbonyl (C=O) groups excluding carboxylic acids is 3. The lowest BCUT2D eigenvalue weighted by atomic mass is 10.1. The van der Waals surface area contributed by atoms with Gasteiger partial charge in [0.1, 0.15) is 13.2 Å². The highest BCUT2D eigenvalue weighted by atomic mass is 16.6. The number of carbonyl (C=O) groups is 3. The van der Waals surface area contributed by atoms with Gasteiger partial charge in [-0.15, -0.1) is 0 Å². The fourth-order valence-corrected chi connectivity index (χ4v) is 8.96. The van der Waals surface area contributed by atoms with E-state index in [1.54, 1.807) is 0 Å². The number of hydrogen-bond donors (Lipinski definition) is 0. The fraction of sp³-hybridized carbons (Fsp3) is 0.662. The summed E-state index contributed by atoms with van der Waals surface area (Å²) in [7, 11) is 0. The molecule has 0 rings (SSSR count). The Bertz CT molecular complexity index is 1700. The Balaban J connectivity index is 4.42. The van der Waals surface area contributed by atoms with Gasteiger partial charge in [0.2, 0.25) is 0 Å². The molecule has 0 aliphatic rings. The van der Waals surface area contributed by atoms with Crippen molar-refractivity contribution in [3.05, 3.63) is 134 Å². The van der Waals surface area contributed by atoms with Crippen LogP contribution >= 0.6 is 0 Å². The molecule has 0 amide bonds. The fourth-order valence-electron chi connectivity index (χ4n) is 8.96. The highest BCUT2D eigenvalue weighted by Crippen LogP contribution is 2.15. The zero-order valence-corrected chi connectivity index (χ0v) is 52.0. The van der Waals surface area contributed by atoms with Crippen molar-refractivity contribution < 1.29 is 28.6 Å². The van der Waals surface area contributed by atoms with Gasteiger partial charge in [-0.05, 0) is 135 Å². The predicted octanol–water partition coefficient (Wildman–Crippen LogP) is 22.9. The number of unbranched alkanes of at least 4 members (excludes halogenated alkanes) is 26. The average molecular weight is 1110 g/mol. The largest absolute Gasteiger partial charge is 0.462 e. The third-order valence-electron chi connectivity index (χ3n) is 13.9. The minimum atomic E-state index is -0.801. The van der Waals surface area contributed by atoms with Crippen LogP contribution < -0.4 is 0 Å². The van der Waals surface area contributed by atoms with Crippen LogP contribution in [0.3, 0.4) is 0 Å². The molecular weight excluding hydrogens is 985 g/mol. The molecular formula is C74H122O6. The monoisotopic (exact) mass is 1110 g/mol. The molecule has 0 N–H and O–H groups in total. The van der Waals surface area contributed by atoms with Crippen molar-refractivity contribution in [3.8, 4) is 0 Å². The van der Waals surface area contributed by atoms with Gasteiger partial charge in [-0.25, -0.2) is 0 Å². The molecule has 0 saturated carbocycles. The van der Waals surface area contributed by atoms with E-state index in [0.717, 1.165) is 141 Å². The molecule has 0 fully saturated rings. The number of allylic oxidation sites excluding steroid dienone is 22. The SMILES string of the molecule is CC/C=C\C/C=C\C/C=C\C/C=C\C/C=C\C/C=C\CCCCCCCCCCC(=O)OCC(COC(=O)CCCCCC/C=C\C/C=C\C/C=C\C/C=C\CC)OC(=O)CCCCCCCCC/C=C\CCCCCCCCC. The summed E-state index contributed by atoms with van der Waals surface area (Å²) in [6, 6.07) is 0. The summed E-state index contributed by atoms with van der Waals surface area (Å²) in [6.45, 7) is 6.40. The maximum atomic E-state index is 12.9. The van der Waals surface area contributed by atoms with Crippen LogP contribution in [0.15, 0.2) is 134 Å². The van der Waals surface area contributed by atoms with Crippen LogP contribution in [0.4, 0.5) is 0 Å². The van der Waals surface area contributed by atoms with Crippen LogP contribution in [-0.4, -0.2) is 37.2 Å². The third kappa shape index (κ3) is 64.4. The molecule has 6 nitrogen and oxygen atoms in total. The molecule has 1 unspecified atom stereocenters. The van der Waals surface area contributed by atoms with E-state index in [1.807, 2.05) is 0 Å². The van der Waals surface area contributed by atoms with Crippen molar-refractivity contribution in [2.75, 3.05) is 13.2 Å². The molecule has 0 aliphatic carbocycles. The lowest BCUT2D eigenvalue weighted by molar-refractivity contribution is -0.167. The van der Waals surface area contributed by atoms with Crippen molar-refractivity contribution in [1.82, 2.24) is 0 Å². The summed E-state index contributed by atoms with van der Waals surface area (Å²) in [6.07, 6.45) is 94.5. The van der Waals surface area contributed by atoms with Gasteiger partial charge in [-0.1, -0.05) is 276 Å². The van der Waals surface area contributed by atoms with Gasteiger partial charge in [-0.2, -0.15) is 0 Å². The van der Waals surface area contributed by atoms with Gasteiger partial charge in [-0.3, -0.25) is 14.4 Å². The Morgan fingerprint density at radius 1 is 0.263 bits per heavy atom. The predicted molar refractivity (Wildman–Crippen MR) is 348 cm³/mol. The quantitative estimate of drug-likeness (QED) is 0.0261. The molecule has 0 bridgehead atoms. The molecule has 6 heteroatoms. The summed E-state index contributed by atoms with van der Waals surface area (Å²) < 4.78 is 16.9. The number of rotatable bonds is 59. The van der Waals surface area contributed by atoms with Gasteiger partial charge in [0.25, 0.3) is 0 Å². The maximum absolute atomic E-state index is 12.9. The average Bonchev–Trinajstić information content (AvgIpc) is 3.46. The third-order valence-corrected chi connectivity index (χ3v) is 13.9. The van der Waals surface area contributed by atoms with Crippen LogP contribution in [0.2, 0.25) is 0 Å². The molecule has 80 heavy (non-hydrogen) atoms. The van der Waals surface area contributed by atoms with Gasteiger partial charge < -0.3 is 14.2 Å². The van der Waals surface area contributed by atoms with Crippen LogP contribution in [0, 0.1) is 0 Å². The second kappa shape index (κ2) is 67.1. The summed E-state index contributed by atoms with van der Waals surface area (Å²) in [4.78, 5) is 38.4. The molecule has 0 saturated heterocycles. The van der Waals surface area contributed by atoms with Gasteiger partial charge >= 0.3 is 17.9 Å². The second-order valence-electron chi connectivity index (χ2n) is 21.6. The number of hydrogen-bond acceptors (Lipinski definition) is 6. The minimum absolute atomic E-state index is 0.0952. The molecule has 1 atom stereocenters. The Morgan fingerprint density at radius 3 is 0.775 bits per heavy atom. The molecule has 454 valence electrons. The summed E-state index contributed by atoms with van der Waals surface area (Å²) in [5.41, 5.74) is 0. The highest BCUT2D eigenvalue weighted by molar-refractivity contribution is 5.71. The molecule has 0 spiro atoms. The number of ether oxygens (including phenoxy) is 3.